The first-order valence-corrected chi connectivity index (χ1v) is 4.01. The van der Waals surface area contributed by atoms with Crippen LogP contribution in [0.4, 0.5) is 0 Å². The molecule has 0 radical (unpaired) electrons. The van der Waals surface area contributed by atoms with E-state index in [1.807, 2.05) is 6.92 Å². The van der Waals surface area contributed by atoms with Crippen LogP contribution in [0.2, 0.25) is 5.15 Å². The number of hydrogen-bond acceptors (Lipinski definition) is 2. The molecule has 1 rings (SSSR count). The van der Waals surface area contributed by atoms with Crippen molar-refractivity contribution in [1.82, 2.24) is 4.98 Å². The zero-order valence-corrected chi connectivity index (χ0v) is 7.58. The molecule has 0 aliphatic heterocycles. The highest BCUT2D eigenvalue weighted by molar-refractivity contribution is 6.30. The first kappa shape index (κ1) is 9.07. The van der Waals surface area contributed by atoms with E-state index in [9.17, 15) is 0 Å². The summed E-state index contributed by atoms with van der Waals surface area (Å²) in [4.78, 5) is 3.87. The Hall–Kier alpha value is -1.02. The molecule has 1 aromatic rings. The summed E-state index contributed by atoms with van der Waals surface area (Å²) < 4.78 is 5.38. The monoisotopic (exact) mass is 183 g/mol. The minimum atomic E-state index is -0.0494. The first-order valence-electron chi connectivity index (χ1n) is 3.63. The molecule has 0 fully saturated rings. The van der Waals surface area contributed by atoms with Gasteiger partial charge in [-0.3, -0.25) is 0 Å². The molecular weight excluding hydrogens is 174 g/mol. The van der Waals surface area contributed by atoms with Crippen molar-refractivity contribution in [2.75, 3.05) is 0 Å². The van der Waals surface area contributed by atoms with Crippen LogP contribution in [0.1, 0.15) is 6.92 Å². The summed E-state index contributed by atoms with van der Waals surface area (Å²) in [5.74, 6) is 0.589. The Kier molecular flexibility index (Phi) is 3.11. The topological polar surface area (TPSA) is 22.1 Å². The van der Waals surface area contributed by atoms with Crippen LogP contribution in [0.15, 0.2) is 31.0 Å². The van der Waals surface area contributed by atoms with Gasteiger partial charge in [0.2, 0.25) is 0 Å². The molecule has 0 saturated carbocycles. The maximum absolute atomic E-state index is 5.75. The van der Waals surface area contributed by atoms with Gasteiger partial charge in [-0.2, -0.15) is 0 Å². The van der Waals surface area contributed by atoms with Crippen LogP contribution in [0.3, 0.4) is 0 Å². The van der Waals surface area contributed by atoms with Gasteiger partial charge < -0.3 is 4.74 Å². The van der Waals surface area contributed by atoms with Crippen LogP contribution in [0, 0.1) is 0 Å². The third kappa shape index (κ3) is 2.24. The summed E-state index contributed by atoms with van der Waals surface area (Å²) in [6.07, 6.45) is 3.27. The van der Waals surface area contributed by atoms with Gasteiger partial charge in [-0.1, -0.05) is 24.3 Å². The van der Waals surface area contributed by atoms with Crippen molar-refractivity contribution >= 4 is 11.6 Å². The molecular formula is C9H10ClNO. The van der Waals surface area contributed by atoms with E-state index in [-0.39, 0.29) is 6.10 Å². The van der Waals surface area contributed by atoms with Gasteiger partial charge in [-0.25, -0.2) is 4.98 Å². The fourth-order valence-electron chi connectivity index (χ4n) is 0.708. The Morgan fingerprint density at radius 3 is 3.08 bits per heavy atom. The second kappa shape index (κ2) is 4.12. The van der Waals surface area contributed by atoms with Crippen molar-refractivity contribution in [2.45, 2.75) is 13.0 Å². The van der Waals surface area contributed by atoms with Crippen molar-refractivity contribution in [2.24, 2.45) is 0 Å². The number of aromatic nitrogens is 1. The summed E-state index contributed by atoms with van der Waals surface area (Å²) in [6, 6.07) is 3.55. The molecule has 0 spiro atoms. The smallest absolute Gasteiger partial charge is 0.171 e. The van der Waals surface area contributed by atoms with Crippen molar-refractivity contribution in [3.63, 3.8) is 0 Å². The third-order valence-corrected chi connectivity index (χ3v) is 1.65. The molecule has 2 nitrogen and oxygen atoms in total. The SMILES string of the molecule is C=CC(C)Oc1cccnc1Cl. The molecule has 12 heavy (non-hydrogen) atoms. The largest absolute Gasteiger partial charge is 0.483 e. The Morgan fingerprint density at radius 2 is 2.50 bits per heavy atom. The zero-order valence-electron chi connectivity index (χ0n) is 6.83. The second-order valence-electron chi connectivity index (χ2n) is 2.35. The second-order valence-corrected chi connectivity index (χ2v) is 2.71. The molecule has 1 heterocycles. The van der Waals surface area contributed by atoms with Gasteiger partial charge >= 0.3 is 0 Å². The van der Waals surface area contributed by atoms with Gasteiger partial charge in [0, 0.05) is 6.20 Å². The highest BCUT2D eigenvalue weighted by atomic mass is 35.5. The van der Waals surface area contributed by atoms with Crippen LogP contribution in [-0.4, -0.2) is 11.1 Å². The maximum Gasteiger partial charge on any atom is 0.171 e. The van der Waals surface area contributed by atoms with E-state index < -0.39 is 0 Å². The fraction of sp³-hybridized carbons (Fsp3) is 0.222. The summed E-state index contributed by atoms with van der Waals surface area (Å²) in [6.45, 7) is 5.48. The Labute approximate surface area is 76.8 Å². The van der Waals surface area contributed by atoms with Crippen molar-refractivity contribution in [1.29, 1.82) is 0 Å². The van der Waals surface area contributed by atoms with Gasteiger partial charge in [0.1, 0.15) is 6.10 Å². The molecule has 3 heteroatoms. The Bertz CT molecular complexity index is 275. The minimum absolute atomic E-state index is 0.0494. The Morgan fingerprint density at radius 1 is 1.75 bits per heavy atom. The van der Waals surface area contributed by atoms with Gasteiger partial charge in [0.05, 0.1) is 0 Å². The standard InChI is InChI=1S/C9H10ClNO/c1-3-7(2)12-8-5-4-6-11-9(8)10/h3-7H,1H2,2H3. The predicted octanol–water partition coefficient (Wildman–Crippen LogP) is 2.69. The highest BCUT2D eigenvalue weighted by Gasteiger charge is 2.03. The van der Waals surface area contributed by atoms with Crippen LogP contribution in [-0.2, 0) is 0 Å². The number of pyridine rings is 1. The number of rotatable bonds is 3. The predicted molar refractivity (Wildman–Crippen MR) is 49.5 cm³/mol. The van der Waals surface area contributed by atoms with Crippen molar-refractivity contribution < 1.29 is 4.74 Å². The molecule has 1 atom stereocenters. The third-order valence-electron chi connectivity index (χ3n) is 1.37. The lowest BCUT2D eigenvalue weighted by Crippen LogP contribution is -2.07. The van der Waals surface area contributed by atoms with Gasteiger partial charge in [-0.05, 0) is 19.1 Å². The molecule has 1 unspecified atom stereocenters. The molecule has 0 aliphatic rings. The molecule has 0 aromatic carbocycles. The molecule has 64 valence electrons. The van der Waals surface area contributed by atoms with E-state index in [1.54, 1.807) is 24.4 Å². The van der Waals surface area contributed by atoms with Crippen molar-refractivity contribution in [3.8, 4) is 5.75 Å². The Balaban J connectivity index is 2.75. The number of ether oxygens (including phenoxy) is 1. The lowest BCUT2D eigenvalue weighted by atomic mass is 10.4. The van der Waals surface area contributed by atoms with Gasteiger partial charge in [0.25, 0.3) is 0 Å². The normalized spacial score (nSPS) is 12.2. The molecule has 0 bridgehead atoms. The molecule has 1 aromatic heterocycles. The van der Waals surface area contributed by atoms with Gasteiger partial charge in [-0.15, -0.1) is 0 Å². The van der Waals surface area contributed by atoms with Crippen LogP contribution >= 0.6 is 11.6 Å². The fourth-order valence-corrected chi connectivity index (χ4v) is 0.871. The van der Waals surface area contributed by atoms with E-state index in [0.717, 1.165) is 0 Å². The average molecular weight is 184 g/mol. The average Bonchev–Trinajstić information content (AvgIpc) is 2.09. The van der Waals surface area contributed by atoms with E-state index >= 15 is 0 Å². The van der Waals surface area contributed by atoms with Crippen LogP contribution in [0.5, 0.6) is 5.75 Å². The lowest BCUT2D eigenvalue weighted by molar-refractivity contribution is 0.269. The van der Waals surface area contributed by atoms with E-state index in [1.165, 1.54) is 0 Å². The quantitative estimate of drug-likeness (QED) is 0.531. The summed E-state index contributed by atoms with van der Waals surface area (Å²) in [7, 11) is 0. The lowest BCUT2D eigenvalue weighted by Gasteiger charge is -2.10. The minimum Gasteiger partial charge on any atom is -0.483 e. The summed E-state index contributed by atoms with van der Waals surface area (Å²) >= 11 is 5.75. The number of halogens is 1. The molecule has 0 amide bonds. The molecule has 0 N–H and O–H groups in total. The molecule has 0 aliphatic carbocycles. The summed E-state index contributed by atoms with van der Waals surface area (Å²) in [5, 5.41) is 0.381. The van der Waals surface area contributed by atoms with Crippen LogP contribution in [0.25, 0.3) is 0 Å². The highest BCUT2D eigenvalue weighted by Crippen LogP contribution is 2.21. The van der Waals surface area contributed by atoms with E-state index in [2.05, 4.69) is 11.6 Å². The number of hydrogen-bond donors (Lipinski definition) is 0. The zero-order chi connectivity index (χ0) is 8.97. The molecule has 0 saturated heterocycles. The summed E-state index contributed by atoms with van der Waals surface area (Å²) in [5.41, 5.74) is 0. The van der Waals surface area contributed by atoms with E-state index in [0.29, 0.717) is 10.9 Å². The van der Waals surface area contributed by atoms with Crippen LogP contribution < -0.4 is 4.74 Å². The first-order chi connectivity index (χ1) is 5.74. The van der Waals surface area contributed by atoms with Gasteiger partial charge in [0.15, 0.2) is 10.9 Å². The number of nitrogens with zero attached hydrogens (tertiary/aromatic N) is 1. The van der Waals surface area contributed by atoms with Crippen molar-refractivity contribution in [3.05, 3.63) is 36.1 Å². The maximum atomic E-state index is 5.75. The van der Waals surface area contributed by atoms with E-state index in [4.69, 9.17) is 16.3 Å².